The number of methoxy groups -OCH3 is 1. The number of carbonyl (C=O) groups excluding carboxylic acids is 1. The normalized spacial score (nSPS) is 10.9. The van der Waals surface area contributed by atoms with Gasteiger partial charge < -0.3 is 15.0 Å². The Bertz CT molecular complexity index is 838. The van der Waals surface area contributed by atoms with Crippen LogP contribution in [0.15, 0.2) is 27.1 Å². The van der Waals surface area contributed by atoms with E-state index >= 15 is 0 Å². The number of carbonyl (C=O) groups is 1. The van der Waals surface area contributed by atoms with Crippen LogP contribution in [0.2, 0.25) is 0 Å². The molecule has 0 aliphatic heterocycles. The van der Waals surface area contributed by atoms with Crippen LogP contribution in [0.3, 0.4) is 0 Å². The van der Waals surface area contributed by atoms with Gasteiger partial charge in [-0.15, -0.1) is 0 Å². The molecule has 0 aliphatic carbocycles. The molecular formula is C14H19N5O4S. The molecule has 2 aromatic heterocycles. The van der Waals surface area contributed by atoms with Gasteiger partial charge in [0, 0.05) is 26.0 Å². The van der Waals surface area contributed by atoms with E-state index in [1.807, 2.05) is 11.5 Å². The molecule has 0 saturated carbocycles. The van der Waals surface area contributed by atoms with Crippen molar-refractivity contribution in [2.24, 2.45) is 0 Å². The van der Waals surface area contributed by atoms with E-state index < -0.39 is 17.0 Å². The number of nitrogens with one attached hydrogen (secondary N) is 1. The van der Waals surface area contributed by atoms with Gasteiger partial charge in [0.25, 0.3) is 5.56 Å². The molecule has 0 saturated heterocycles. The highest BCUT2D eigenvalue weighted by atomic mass is 32.2. The molecule has 2 heterocycles. The molecule has 130 valence electrons. The van der Waals surface area contributed by atoms with Crippen LogP contribution in [0.4, 0.5) is 5.82 Å². The first kappa shape index (κ1) is 18.0. The fraction of sp³-hybridized carbons (Fsp3) is 0.429. The molecule has 9 nitrogen and oxygen atoms in total. The van der Waals surface area contributed by atoms with Crippen molar-refractivity contribution in [1.82, 2.24) is 19.1 Å². The average Bonchev–Trinajstić information content (AvgIpc) is 3.00. The second-order valence-electron chi connectivity index (χ2n) is 4.87. The highest BCUT2D eigenvalue weighted by Crippen LogP contribution is 2.18. The van der Waals surface area contributed by atoms with Gasteiger partial charge in [0.2, 0.25) is 0 Å². The van der Waals surface area contributed by atoms with Crippen LogP contribution in [0.1, 0.15) is 17.3 Å². The van der Waals surface area contributed by atoms with E-state index in [1.54, 1.807) is 12.4 Å². The second-order valence-corrected chi connectivity index (χ2v) is 5.81. The summed E-state index contributed by atoms with van der Waals surface area (Å²) in [5.74, 6) is -0.618. The fourth-order valence-electron chi connectivity index (χ4n) is 2.14. The summed E-state index contributed by atoms with van der Waals surface area (Å²) < 4.78 is 7.90. The molecule has 0 bridgehead atoms. The van der Waals surface area contributed by atoms with Gasteiger partial charge in [-0.1, -0.05) is 11.8 Å². The highest BCUT2D eigenvalue weighted by Gasteiger charge is 2.20. The van der Waals surface area contributed by atoms with Crippen LogP contribution in [-0.4, -0.2) is 44.4 Å². The number of ether oxygens (including phenoxy) is 1. The molecule has 24 heavy (non-hydrogen) atoms. The van der Waals surface area contributed by atoms with Crippen molar-refractivity contribution in [3.05, 3.63) is 38.8 Å². The number of aromatic nitrogens is 4. The Morgan fingerprint density at radius 2 is 2.21 bits per heavy atom. The van der Waals surface area contributed by atoms with Crippen LogP contribution < -0.4 is 17.0 Å². The van der Waals surface area contributed by atoms with Crippen molar-refractivity contribution in [2.75, 3.05) is 25.2 Å². The maximum atomic E-state index is 12.4. The van der Waals surface area contributed by atoms with E-state index in [-0.39, 0.29) is 30.3 Å². The van der Waals surface area contributed by atoms with Crippen LogP contribution in [-0.2, 0) is 17.8 Å². The molecule has 10 heteroatoms. The number of Topliss-reactive ketones (excluding diaryl/α,β-unsaturated/α-hetero) is 1. The lowest BCUT2D eigenvalue weighted by Crippen LogP contribution is -2.37. The number of rotatable bonds is 8. The number of hydrogen-bond acceptors (Lipinski definition) is 7. The number of hydrogen-bond donors (Lipinski definition) is 2. The van der Waals surface area contributed by atoms with E-state index in [1.165, 1.54) is 18.9 Å². The fourth-order valence-corrected chi connectivity index (χ4v) is 3.04. The Hall–Kier alpha value is -2.33. The van der Waals surface area contributed by atoms with E-state index in [0.717, 1.165) is 11.1 Å². The number of nitrogens with two attached hydrogens (primary N) is 1. The Kier molecular flexibility index (Phi) is 5.99. The van der Waals surface area contributed by atoms with Crippen molar-refractivity contribution in [1.29, 1.82) is 0 Å². The summed E-state index contributed by atoms with van der Waals surface area (Å²) in [5, 5.41) is 0.675. The molecule has 0 atom stereocenters. The van der Waals surface area contributed by atoms with Crippen LogP contribution in [0.5, 0.6) is 0 Å². The van der Waals surface area contributed by atoms with E-state index in [9.17, 15) is 14.4 Å². The van der Waals surface area contributed by atoms with E-state index in [0.29, 0.717) is 5.16 Å². The first-order valence-electron chi connectivity index (χ1n) is 7.28. The molecular weight excluding hydrogens is 334 g/mol. The summed E-state index contributed by atoms with van der Waals surface area (Å²) in [6.45, 7) is 3.06. The molecule has 0 radical (unpaired) electrons. The third kappa shape index (κ3) is 3.77. The summed E-state index contributed by atoms with van der Waals surface area (Å²) in [5.41, 5.74) is 4.20. The summed E-state index contributed by atoms with van der Waals surface area (Å²) in [7, 11) is 1.48. The van der Waals surface area contributed by atoms with Crippen LogP contribution in [0.25, 0.3) is 0 Å². The monoisotopic (exact) mass is 353 g/mol. The van der Waals surface area contributed by atoms with Crippen LogP contribution >= 0.6 is 11.8 Å². The Balaban J connectivity index is 2.25. The highest BCUT2D eigenvalue weighted by molar-refractivity contribution is 7.99. The largest absolute Gasteiger partial charge is 0.384 e. The Labute approximate surface area is 141 Å². The lowest BCUT2D eigenvalue weighted by Gasteiger charge is -2.11. The molecule has 0 spiro atoms. The molecule has 0 fully saturated rings. The summed E-state index contributed by atoms with van der Waals surface area (Å²) in [6.07, 6.45) is 3.45. The smallest absolute Gasteiger partial charge is 0.330 e. The molecule has 0 aromatic carbocycles. The number of thioether (sulfide) groups is 1. The zero-order valence-corrected chi connectivity index (χ0v) is 14.3. The molecule has 2 rings (SSSR count). The van der Waals surface area contributed by atoms with E-state index in [2.05, 4.69) is 9.97 Å². The van der Waals surface area contributed by atoms with Gasteiger partial charge in [0.05, 0.1) is 18.9 Å². The van der Waals surface area contributed by atoms with Gasteiger partial charge in [-0.05, 0) is 6.92 Å². The number of nitrogen functional groups attached to an aromatic ring is 1. The first-order valence-corrected chi connectivity index (χ1v) is 8.26. The van der Waals surface area contributed by atoms with Crippen molar-refractivity contribution < 1.29 is 9.53 Å². The molecule has 0 aliphatic rings. The number of nitrogens with zero attached hydrogens (tertiary/aromatic N) is 3. The Morgan fingerprint density at radius 3 is 2.88 bits per heavy atom. The summed E-state index contributed by atoms with van der Waals surface area (Å²) in [6, 6.07) is 0. The minimum atomic E-state index is -0.782. The van der Waals surface area contributed by atoms with Gasteiger partial charge in [-0.3, -0.25) is 19.1 Å². The first-order chi connectivity index (χ1) is 11.5. The molecule has 3 N–H and O–H groups in total. The number of ketones is 1. The Morgan fingerprint density at radius 1 is 1.46 bits per heavy atom. The minimum Gasteiger partial charge on any atom is -0.384 e. The standard InChI is InChI=1S/C14H19N5O4S/c1-3-18-5-4-16-14(18)24-8-9(20)10-11(15)19(6-7-23-2)13(22)17-12(10)21/h4-5H,3,6-8,15H2,1-2H3,(H,17,21,22). The van der Waals surface area contributed by atoms with Gasteiger partial charge in [-0.25, -0.2) is 9.78 Å². The summed E-state index contributed by atoms with van der Waals surface area (Å²) in [4.78, 5) is 42.5. The molecule has 2 aromatic rings. The molecule has 0 amide bonds. The molecule has 0 unspecified atom stereocenters. The lowest BCUT2D eigenvalue weighted by atomic mass is 10.2. The van der Waals surface area contributed by atoms with Crippen molar-refractivity contribution in [3.63, 3.8) is 0 Å². The van der Waals surface area contributed by atoms with Crippen LogP contribution in [0, 0.1) is 0 Å². The van der Waals surface area contributed by atoms with Crippen molar-refractivity contribution in [3.8, 4) is 0 Å². The SMILES string of the molecule is CCn1ccnc1SCC(=O)c1c(N)n(CCOC)c(=O)[nH]c1=O. The summed E-state index contributed by atoms with van der Waals surface area (Å²) >= 11 is 1.21. The van der Waals surface area contributed by atoms with Gasteiger partial charge >= 0.3 is 5.69 Å². The predicted molar refractivity (Wildman–Crippen MR) is 90.6 cm³/mol. The number of aromatic amines is 1. The zero-order chi connectivity index (χ0) is 17.7. The van der Waals surface area contributed by atoms with E-state index in [4.69, 9.17) is 10.5 Å². The lowest BCUT2D eigenvalue weighted by molar-refractivity contribution is 0.102. The average molecular weight is 353 g/mol. The maximum absolute atomic E-state index is 12.4. The number of anilines is 1. The quantitative estimate of drug-likeness (QED) is 0.504. The van der Waals surface area contributed by atoms with Gasteiger partial charge in [0.1, 0.15) is 11.4 Å². The van der Waals surface area contributed by atoms with Gasteiger partial charge in [-0.2, -0.15) is 0 Å². The topological polar surface area (TPSA) is 125 Å². The number of imidazole rings is 1. The third-order valence-corrected chi connectivity index (χ3v) is 4.39. The third-order valence-electron chi connectivity index (χ3n) is 3.39. The van der Waals surface area contributed by atoms with Crippen molar-refractivity contribution >= 4 is 23.4 Å². The van der Waals surface area contributed by atoms with Gasteiger partial charge in [0.15, 0.2) is 10.9 Å². The minimum absolute atomic E-state index is 0.00717. The van der Waals surface area contributed by atoms with Crippen molar-refractivity contribution in [2.45, 2.75) is 25.2 Å². The number of aryl methyl sites for hydroxylation is 1. The second kappa shape index (κ2) is 7.97. The zero-order valence-electron chi connectivity index (χ0n) is 13.4. The number of H-pyrrole nitrogens is 1. The predicted octanol–water partition coefficient (Wildman–Crippen LogP) is -0.0434. The maximum Gasteiger partial charge on any atom is 0.330 e.